The summed E-state index contributed by atoms with van der Waals surface area (Å²) in [6.45, 7) is 7.79. The Bertz CT molecular complexity index is 716. The lowest BCUT2D eigenvalue weighted by atomic mass is 10.0. The number of H-pyrrole nitrogens is 1. The maximum atomic E-state index is 12.8. The Labute approximate surface area is 137 Å². The molecule has 0 spiro atoms. The summed E-state index contributed by atoms with van der Waals surface area (Å²) >= 11 is 0. The van der Waals surface area contributed by atoms with Crippen molar-refractivity contribution < 1.29 is 9.59 Å². The van der Waals surface area contributed by atoms with Gasteiger partial charge >= 0.3 is 0 Å². The molecule has 23 heavy (non-hydrogen) atoms. The van der Waals surface area contributed by atoms with Gasteiger partial charge in [-0.25, -0.2) is 0 Å². The molecule has 4 heteroatoms. The second-order valence-corrected chi connectivity index (χ2v) is 6.12. The van der Waals surface area contributed by atoms with Crippen LogP contribution in [0.4, 0.5) is 0 Å². The minimum Gasteiger partial charge on any atom is -0.355 e. The number of hydrogen-bond acceptors (Lipinski definition) is 3. The third-order valence-corrected chi connectivity index (χ3v) is 4.35. The number of aromatic nitrogens is 1. The molecule has 0 aliphatic rings. The number of nitrogens with zero attached hydrogens (tertiary/aromatic N) is 1. The lowest BCUT2D eigenvalue weighted by molar-refractivity contribution is 0.0856. The molecule has 4 nitrogen and oxygen atoms in total. The standard InChI is InChI=1S/C19H24N2O2/c1-12-17(15(4)22)13(2)20-18(12)19(23)14(3)21(5)11-16-9-7-6-8-10-16/h6-10,14,20H,11H2,1-5H3. The summed E-state index contributed by atoms with van der Waals surface area (Å²) in [6.07, 6.45) is 0. The van der Waals surface area contributed by atoms with E-state index in [4.69, 9.17) is 0 Å². The van der Waals surface area contributed by atoms with E-state index in [1.54, 1.807) is 0 Å². The van der Waals surface area contributed by atoms with Gasteiger partial charge in [0.1, 0.15) is 0 Å². The Hall–Kier alpha value is -2.20. The summed E-state index contributed by atoms with van der Waals surface area (Å²) in [5.74, 6) is -0.00266. The number of Topliss-reactive ketones (excluding diaryl/α,β-unsaturated/α-hetero) is 2. The molecule has 2 aromatic rings. The molecule has 0 bridgehead atoms. The predicted octanol–water partition coefficient (Wildman–Crippen LogP) is 3.54. The normalized spacial score (nSPS) is 12.4. The quantitative estimate of drug-likeness (QED) is 0.830. The van der Waals surface area contributed by atoms with Crippen molar-refractivity contribution in [1.82, 2.24) is 9.88 Å². The second kappa shape index (κ2) is 6.92. The van der Waals surface area contributed by atoms with Crippen molar-refractivity contribution in [2.75, 3.05) is 7.05 Å². The average Bonchev–Trinajstić information content (AvgIpc) is 2.81. The Morgan fingerprint density at radius 3 is 2.30 bits per heavy atom. The van der Waals surface area contributed by atoms with Gasteiger partial charge in [0.2, 0.25) is 0 Å². The summed E-state index contributed by atoms with van der Waals surface area (Å²) < 4.78 is 0. The summed E-state index contributed by atoms with van der Waals surface area (Å²) in [6, 6.07) is 9.79. The molecule has 1 heterocycles. The predicted molar refractivity (Wildman–Crippen MR) is 92.0 cm³/mol. The molecule has 1 unspecified atom stereocenters. The van der Waals surface area contributed by atoms with E-state index in [1.807, 2.05) is 63.1 Å². The fraction of sp³-hybridized carbons (Fsp3) is 0.368. The van der Waals surface area contributed by atoms with Crippen molar-refractivity contribution in [3.05, 3.63) is 58.4 Å². The van der Waals surface area contributed by atoms with E-state index in [0.29, 0.717) is 17.8 Å². The Morgan fingerprint density at radius 2 is 1.78 bits per heavy atom. The fourth-order valence-corrected chi connectivity index (χ4v) is 2.94. The number of carbonyl (C=O) groups excluding carboxylic acids is 2. The summed E-state index contributed by atoms with van der Waals surface area (Å²) in [5.41, 5.74) is 3.85. The van der Waals surface area contributed by atoms with Crippen molar-refractivity contribution in [3.63, 3.8) is 0 Å². The highest BCUT2D eigenvalue weighted by molar-refractivity contribution is 6.05. The first kappa shape index (κ1) is 17.2. The van der Waals surface area contributed by atoms with E-state index >= 15 is 0 Å². The molecule has 1 atom stereocenters. The van der Waals surface area contributed by atoms with E-state index in [-0.39, 0.29) is 17.6 Å². The number of aryl methyl sites for hydroxylation is 1. The number of nitrogens with one attached hydrogen (secondary N) is 1. The van der Waals surface area contributed by atoms with Crippen LogP contribution in [0.2, 0.25) is 0 Å². The third-order valence-electron chi connectivity index (χ3n) is 4.35. The lowest BCUT2D eigenvalue weighted by Gasteiger charge is -2.23. The zero-order valence-corrected chi connectivity index (χ0v) is 14.4. The maximum absolute atomic E-state index is 12.8. The van der Waals surface area contributed by atoms with Gasteiger partial charge in [-0.05, 0) is 45.9 Å². The minimum absolute atomic E-state index is 0.0107. The van der Waals surface area contributed by atoms with Gasteiger partial charge in [0, 0.05) is 17.8 Å². The molecule has 2 rings (SSSR count). The smallest absolute Gasteiger partial charge is 0.196 e. The monoisotopic (exact) mass is 312 g/mol. The minimum atomic E-state index is -0.272. The van der Waals surface area contributed by atoms with Crippen molar-refractivity contribution in [2.24, 2.45) is 0 Å². The van der Waals surface area contributed by atoms with Crippen LogP contribution in [0.15, 0.2) is 30.3 Å². The highest BCUT2D eigenvalue weighted by atomic mass is 16.1. The summed E-state index contributed by atoms with van der Waals surface area (Å²) in [5, 5.41) is 0. The summed E-state index contributed by atoms with van der Waals surface area (Å²) in [7, 11) is 1.94. The van der Waals surface area contributed by atoms with Crippen LogP contribution in [0.25, 0.3) is 0 Å². The number of hydrogen-bond donors (Lipinski definition) is 1. The van der Waals surface area contributed by atoms with Gasteiger partial charge in [-0.15, -0.1) is 0 Å². The van der Waals surface area contributed by atoms with Crippen LogP contribution in [0, 0.1) is 13.8 Å². The van der Waals surface area contributed by atoms with Gasteiger partial charge in [0.25, 0.3) is 0 Å². The maximum Gasteiger partial charge on any atom is 0.196 e. The fourth-order valence-electron chi connectivity index (χ4n) is 2.94. The number of benzene rings is 1. The average molecular weight is 312 g/mol. The first-order chi connectivity index (χ1) is 10.8. The SMILES string of the molecule is CC(=O)c1c(C)[nH]c(C(=O)C(C)N(C)Cc2ccccc2)c1C. The van der Waals surface area contributed by atoms with E-state index in [2.05, 4.69) is 4.98 Å². The topological polar surface area (TPSA) is 53.2 Å². The van der Waals surface area contributed by atoms with Crippen molar-refractivity contribution >= 4 is 11.6 Å². The molecule has 0 fully saturated rings. The van der Waals surface area contributed by atoms with Crippen molar-refractivity contribution in [2.45, 2.75) is 40.3 Å². The van der Waals surface area contributed by atoms with Crippen molar-refractivity contribution in [3.8, 4) is 0 Å². The van der Waals surface area contributed by atoms with Gasteiger partial charge in [-0.2, -0.15) is 0 Å². The number of ketones is 2. The first-order valence-electron chi connectivity index (χ1n) is 7.81. The van der Waals surface area contributed by atoms with E-state index in [1.165, 1.54) is 12.5 Å². The molecule has 0 radical (unpaired) electrons. The number of rotatable bonds is 6. The molecule has 0 saturated heterocycles. The van der Waals surface area contributed by atoms with Crippen LogP contribution >= 0.6 is 0 Å². The molecular formula is C19H24N2O2. The van der Waals surface area contributed by atoms with Crippen LogP contribution in [-0.4, -0.2) is 34.5 Å². The molecular weight excluding hydrogens is 288 g/mol. The van der Waals surface area contributed by atoms with Crippen LogP contribution in [-0.2, 0) is 6.54 Å². The van der Waals surface area contributed by atoms with Gasteiger partial charge in [0.05, 0.1) is 11.7 Å². The zero-order valence-electron chi connectivity index (χ0n) is 14.4. The van der Waals surface area contributed by atoms with Gasteiger partial charge in [-0.1, -0.05) is 30.3 Å². The molecule has 1 aromatic carbocycles. The number of likely N-dealkylation sites (N-methyl/N-ethyl adjacent to an activating group) is 1. The van der Waals surface area contributed by atoms with Gasteiger partial charge in [0.15, 0.2) is 11.6 Å². The van der Waals surface area contributed by atoms with E-state index in [9.17, 15) is 9.59 Å². The molecule has 0 amide bonds. The Balaban J connectivity index is 2.20. The molecule has 1 aromatic heterocycles. The van der Waals surface area contributed by atoms with Gasteiger partial charge < -0.3 is 4.98 Å². The Morgan fingerprint density at radius 1 is 1.17 bits per heavy atom. The zero-order chi connectivity index (χ0) is 17.1. The highest BCUT2D eigenvalue weighted by Crippen LogP contribution is 2.21. The van der Waals surface area contributed by atoms with E-state index < -0.39 is 0 Å². The molecule has 0 aliphatic heterocycles. The largest absolute Gasteiger partial charge is 0.355 e. The molecule has 0 aliphatic carbocycles. The van der Waals surface area contributed by atoms with E-state index in [0.717, 1.165) is 11.3 Å². The lowest BCUT2D eigenvalue weighted by Crippen LogP contribution is -2.36. The Kier molecular flexibility index (Phi) is 5.16. The number of carbonyl (C=O) groups is 2. The molecule has 0 saturated carbocycles. The number of aromatic amines is 1. The van der Waals surface area contributed by atoms with Crippen LogP contribution < -0.4 is 0 Å². The van der Waals surface area contributed by atoms with Crippen LogP contribution in [0.3, 0.4) is 0 Å². The first-order valence-corrected chi connectivity index (χ1v) is 7.81. The van der Waals surface area contributed by atoms with Crippen LogP contribution in [0.5, 0.6) is 0 Å². The third kappa shape index (κ3) is 3.59. The van der Waals surface area contributed by atoms with Crippen LogP contribution in [0.1, 0.15) is 51.5 Å². The van der Waals surface area contributed by atoms with Crippen molar-refractivity contribution in [1.29, 1.82) is 0 Å². The van der Waals surface area contributed by atoms with Gasteiger partial charge in [-0.3, -0.25) is 14.5 Å². The summed E-state index contributed by atoms with van der Waals surface area (Å²) in [4.78, 5) is 29.6. The molecule has 1 N–H and O–H groups in total. The second-order valence-electron chi connectivity index (χ2n) is 6.12. The highest BCUT2D eigenvalue weighted by Gasteiger charge is 2.25. The molecule has 122 valence electrons.